The first-order valence-corrected chi connectivity index (χ1v) is 5.53. The van der Waals surface area contributed by atoms with E-state index < -0.39 is 5.97 Å². The van der Waals surface area contributed by atoms with E-state index in [9.17, 15) is 4.79 Å². The number of nitrogens with two attached hydrogens (primary N) is 1. The van der Waals surface area contributed by atoms with Crippen molar-refractivity contribution in [1.29, 1.82) is 0 Å². The highest BCUT2D eigenvalue weighted by atomic mass is 16.5. The highest BCUT2D eigenvalue weighted by molar-refractivity contribution is 5.86. The lowest BCUT2D eigenvalue weighted by Crippen LogP contribution is -2.18. The fourth-order valence-corrected chi connectivity index (χ4v) is 1.66. The summed E-state index contributed by atoms with van der Waals surface area (Å²) in [6.07, 6.45) is 2.12. The monoisotopic (exact) mass is 225 g/mol. The Hall–Kier alpha value is -1.29. The van der Waals surface area contributed by atoms with E-state index in [-0.39, 0.29) is 11.8 Å². The number of carbonyl (C=O) groups is 1. The largest absolute Gasteiger partial charge is 0.463 e. The van der Waals surface area contributed by atoms with Gasteiger partial charge in [0.05, 0.1) is 13.2 Å². The Kier molecular flexibility index (Phi) is 4.55. The number of carbonyl (C=O) groups excluding carboxylic acids is 1. The summed E-state index contributed by atoms with van der Waals surface area (Å²) in [6.45, 7) is 4.19. The van der Waals surface area contributed by atoms with Crippen molar-refractivity contribution >= 4 is 5.97 Å². The number of esters is 1. The van der Waals surface area contributed by atoms with Gasteiger partial charge in [-0.2, -0.15) is 0 Å². The van der Waals surface area contributed by atoms with E-state index in [1.807, 2.05) is 0 Å². The lowest BCUT2D eigenvalue weighted by molar-refractivity contribution is 0.0561. The van der Waals surface area contributed by atoms with E-state index in [1.54, 1.807) is 12.1 Å². The molecule has 0 aliphatic heterocycles. The Morgan fingerprint density at radius 1 is 1.56 bits per heavy atom. The zero-order valence-corrected chi connectivity index (χ0v) is 10.0. The molecule has 0 fully saturated rings. The molecule has 0 aliphatic carbocycles. The van der Waals surface area contributed by atoms with Crippen LogP contribution in [0, 0.1) is 5.92 Å². The van der Waals surface area contributed by atoms with Gasteiger partial charge in [0.2, 0.25) is 5.76 Å². The maximum Gasteiger partial charge on any atom is 0.373 e. The van der Waals surface area contributed by atoms with Gasteiger partial charge in [-0.1, -0.05) is 20.3 Å². The van der Waals surface area contributed by atoms with Gasteiger partial charge in [-0.05, 0) is 24.5 Å². The molecule has 0 amide bonds. The third-order valence-corrected chi connectivity index (χ3v) is 2.70. The van der Waals surface area contributed by atoms with E-state index in [1.165, 1.54) is 7.11 Å². The van der Waals surface area contributed by atoms with Crippen LogP contribution in [0.3, 0.4) is 0 Å². The van der Waals surface area contributed by atoms with Crippen LogP contribution in [0.5, 0.6) is 0 Å². The molecule has 2 atom stereocenters. The van der Waals surface area contributed by atoms with Crippen molar-refractivity contribution in [2.45, 2.75) is 32.7 Å². The van der Waals surface area contributed by atoms with E-state index in [0.717, 1.165) is 12.8 Å². The molecule has 1 rings (SSSR count). The fourth-order valence-electron chi connectivity index (χ4n) is 1.66. The zero-order chi connectivity index (χ0) is 12.1. The maximum atomic E-state index is 11.2. The maximum absolute atomic E-state index is 11.2. The van der Waals surface area contributed by atoms with Crippen molar-refractivity contribution in [2.24, 2.45) is 11.7 Å². The summed E-state index contributed by atoms with van der Waals surface area (Å²) < 4.78 is 9.93. The zero-order valence-electron chi connectivity index (χ0n) is 10.0. The first kappa shape index (κ1) is 12.8. The van der Waals surface area contributed by atoms with Crippen molar-refractivity contribution in [2.75, 3.05) is 7.11 Å². The van der Waals surface area contributed by atoms with E-state index in [0.29, 0.717) is 11.7 Å². The van der Waals surface area contributed by atoms with Crippen LogP contribution in [-0.4, -0.2) is 13.1 Å². The van der Waals surface area contributed by atoms with Gasteiger partial charge in [-0.15, -0.1) is 0 Å². The number of hydrogen-bond acceptors (Lipinski definition) is 4. The molecule has 0 aromatic carbocycles. The number of ether oxygens (including phenoxy) is 1. The molecule has 1 aromatic rings. The highest BCUT2D eigenvalue weighted by Gasteiger charge is 2.19. The fraction of sp³-hybridized carbons (Fsp3) is 0.583. The molecule has 0 bridgehead atoms. The second-order valence-corrected chi connectivity index (χ2v) is 3.99. The third kappa shape index (κ3) is 2.85. The molecule has 2 N–H and O–H groups in total. The van der Waals surface area contributed by atoms with Crippen LogP contribution in [0.4, 0.5) is 0 Å². The number of furan rings is 1. The van der Waals surface area contributed by atoms with Gasteiger partial charge in [0, 0.05) is 0 Å². The Bertz CT molecular complexity index is 346. The topological polar surface area (TPSA) is 65.5 Å². The van der Waals surface area contributed by atoms with Gasteiger partial charge < -0.3 is 14.9 Å². The Balaban J connectivity index is 2.73. The highest BCUT2D eigenvalue weighted by Crippen LogP contribution is 2.24. The molecule has 1 heterocycles. The van der Waals surface area contributed by atoms with Crippen molar-refractivity contribution in [3.05, 3.63) is 23.7 Å². The van der Waals surface area contributed by atoms with Gasteiger partial charge >= 0.3 is 5.97 Å². The minimum atomic E-state index is -0.471. The normalized spacial score (nSPS) is 14.5. The van der Waals surface area contributed by atoms with Gasteiger partial charge in [0.1, 0.15) is 5.76 Å². The predicted octanol–water partition coefficient (Wildman–Crippen LogP) is 2.50. The SMILES string of the molecule is CCCC(C)C(N)c1ccc(C(=O)OC)o1. The lowest BCUT2D eigenvalue weighted by atomic mass is 9.96. The van der Waals surface area contributed by atoms with Crippen LogP contribution in [0.15, 0.2) is 16.5 Å². The van der Waals surface area contributed by atoms with Crippen molar-refractivity contribution in [3.63, 3.8) is 0 Å². The summed E-state index contributed by atoms with van der Waals surface area (Å²) in [7, 11) is 1.32. The van der Waals surface area contributed by atoms with Gasteiger partial charge in [0.25, 0.3) is 0 Å². The molecular formula is C12H19NO3. The molecule has 0 aliphatic rings. The minimum Gasteiger partial charge on any atom is -0.463 e. The van der Waals surface area contributed by atoms with E-state index in [2.05, 4.69) is 18.6 Å². The van der Waals surface area contributed by atoms with Crippen LogP contribution in [0.2, 0.25) is 0 Å². The predicted molar refractivity (Wildman–Crippen MR) is 61.0 cm³/mol. The lowest BCUT2D eigenvalue weighted by Gasteiger charge is -2.16. The Labute approximate surface area is 95.8 Å². The molecule has 0 saturated carbocycles. The van der Waals surface area contributed by atoms with Gasteiger partial charge in [-0.3, -0.25) is 0 Å². The van der Waals surface area contributed by atoms with E-state index >= 15 is 0 Å². The second kappa shape index (κ2) is 5.70. The van der Waals surface area contributed by atoms with Crippen LogP contribution >= 0.6 is 0 Å². The van der Waals surface area contributed by atoms with Gasteiger partial charge in [-0.25, -0.2) is 4.79 Å². The summed E-state index contributed by atoms with van der Waals surface area (Å²) >= 11 is 0. The summed E-state index contributed by atoms with van der Waals surface area (Å²) in [5.74, 6) is 0.709. The quantitative estimate of drug-likeness (QED) is 0.782. The number of methoxy groups -OCH3 is 1. The van der Waals surface area contributed by atoms with Crippen LogP contribution < -0.4 is 5.73 Å². The molecule has 4 nitrogen and oxygen atoms in total. The van der Waals surface area contributed by atoms with Crippen LogP contribution in [0.1, 0.15) is 49.0 Å². The summed E-state index contributed by atoms with van der Waals surface area (Å²) in [6, 6.07) is 3.17. The molecule has 2 unspecified atom stereocenters. The van der Waals surface area contributed by atoms with Gasteiger partial charge in [0.15, 0.2) is 0 Å². The average molecular weight is 225 g/mol. The molecule has 0 radical (unpaired) electrons. The average Bonchev–Trinajstić information content (AvgIpc) is 2.76. The second-order valence-electron chi connectivity index (χ2n) is 3.99. The Morgan fingerprint density at radius 2 is 2.25 bits per heavy atom. The van der Waals surface area contributed by atoms with Crippen molar-refractivity contribution in [3.8, 4) is 0 Å². The number of hydrogen-bond donors (Lipinski definition) is 1. The molecule has 16 heavy (non-hydrogen) atoms. The Morgan fingerprint density at radius 3 is 2.81 bits per heavy atom. The first-order valence-electron chi connectivity index (χ1n) is 5.53. The molecule has 1 aromatic heterocycles. The molecule has 4 heteroatoms. The number of rotatable bonds is 5. The standard InChI is InChI=1S/C12H19NO3/c1-4-5-8(2)11(13)9-6-7-10(16-9)12(14)15-3/h6-8,11H,4-5,13H2,1-3H3. The van der Waals surface area contributed by atoms with Crippen LogP contribution in [-0.2, 0) is 4.74 Å². The van der Waals surface area contributed by atoms with Crippen molar-refractivity contribution < 1.29 is 13.9 Å². The third-order valence-electron chi connectivity index (χ3n) is 2.70. The first-order chi connectivity index (χ1) is 7.60. The smallest absolute Gasteiger partial charge is 0.373 e. The van der Waals surface area contributed by atoms with Crippen molar-refractivity contribution in [1.82, 2.24) is 0 Å². The van der Waals surface area contributed by atoms with Crippen LogP contribution in [0.25, 0.3) is 0 Å². The van der Waals surface area contributed by atoms with E-state index in [4.69, 9.17) is 10.2 Å². The summed E-state index contributed by atoms with van der Waals surface area (Å²) in [5.41, 5.74) is 6.03. The molecular weight excluding hydrogens is 206 g/mol. The molecule has 0 spiro atoms. The summed E-state index contributed by atoms with van der Waals surface area (Å²) in [5, 5.41) is 0. The minimum absolute atomic E-state index is 0.168. The molecule has 90 valence electrons. The molecule has 0 saturated heterocycles. The summed E-state index contributed by atoms with van der Waals surface area (Å²) in [4.78, 5) is 11.2.